The van der Waals surface area contributed by atoms with E-state index in [1.807, 2.05) is 0 Å². The predicted octanol–water partition coefficient (Wildman–Crippen LogP) is 2.02. The first-order valence-electron chi connectivity index (χ1n) is 5.21. The van der Waals surface area contributed by atoms with Gasteiger partial charge in [0.1, 0.15) is 6.67 Å². The van der Waals surface area contributed by atoms with Gasteiger partial charge < -0.3 is 9.47 Å². The van der Waals surface area contributed by atoms with Gasteiger partial charge in [0.2, 0.25) is 6.10 Å². The summed E-state index contributed by atoms with van der Waals surface area (Å²) in [5.74, 6) is -2.64. The second kappa shape index (κ2) is 7.17. The number of ether oxygens (including phenoxy) is 2. The average molecular weight is 274 g/mol. The SMILES string of the molecule is CCC(C)C(=O)OCC(=O)OC(CF)C(F)(F)F. The molecular formula is C10H14F4O4. The smallest absolute Gasteiger partial charge is 0.428 e. The Morgan fingerprint density at radius 3 is 2.22 bits per heavy atom. The average Bonchev–Trinajstić information content (AvgIpc) is 2.30. The summed E-state index contributed by atoms with van der Waals surface area (Å²) >= 11 is 0. The molecule has 0 amide bonds. The Kier molecular flexibility index (Phi) is 6.64. The third-order valence-corrected chi connectivity index (χ3v) is 2.13. The molecule has 106 valence electrons. The maximum Gasteiger partial charge on any atom is 0.428 e. The Balaban J connectivity index is 4.16. The zero-order valence-electron chi connectivity index (χ0n) is 9.92. The molecule has 0 saturated heterocycles. The van der Waals surface area contributed by atoms with Crippen molar-refractivity contribution >= 4 is 11.9 Å². The minimum Gasteiger partial charge on any atom is -0.453 e. The zero-order valence-corrected chi connectivity index (χ0v) is 9.92. The fourth-order valence-corrected chi connectivity index (χ4v) is 0.817. The van der Waals surface area contributed by atoms with Crippen molar-refractivity contribution in [1.82, 2.24) is 0 Å². The molecule has 0 radical (unpaired) electrons. The van der Waals surface area contributed by atoms with Gasteiger partial charge in [-0.2, -0.15) is 13.2 Å². The zero-order chi connectivity index (χ0) is 14.3. The molecule has 0 N–H and O–H groups in total. The highest BCUT2D eigenvalue weighted by atomic mass is 19.4. The summed E-state index contributed by atoms with van der Waals surface area (Å²) in [6.45, 7) is 0.394. The number of esters is 2. The lowest BCUT2D eigenvalue weighted by Crippen LogP contribution is -2.37. The van der Waals surface area contributed by atoms with Crippen molar-refractivity contribution in [3.8, 4) is 0 Å². The van der Waals surface area contributed by atoms with Crippen LogP contribution >= 0.6 is 0 Å². The van der Waals surface area contributed by atoms with Gasteiger partial charge in [-0.1, -0.05) is 13.8 Å². The number of hydrogen-bond acceptors (Lipinski definition) is 4. The largest absolute Gasteiger partial charge is 0.453 e. The van der Waals surface area contributed by atoms with Gasteiger partial charge in [-0.05, 0) is 6.42 Å². The Hall–Kier alpha value is -1.34. The van der Waals surface area contributed by atoms with Gasteiger partial charge in [-0.15, -0.1) is 0 Å². The van der Waals surface area contributed by atoms with E-state index >= 15 is 0 Å². The molecule has 0 aromatic heterocycles. The molecule has 0 heterocycles. The van der Waals surface area contributed by atoms with Gasteiger partial charge in [0.05, 0.1) is 5.92 Å². The fourth-order valence-electron chi connectivity index (χ4n) is 0.817. The van der Waals surface area contributed by atoms with Crippen LogP contribution in [0, 0.1) is 5.92 Å². The van der Waals surface area contributed by atoms with Crippen molar-refractivity contribution in [2.45, 2.75) is 32.5 Å². The third-order valence-electron chi connectivity index (χ3n) is 2.13. The van der Waals surface area contributed by atoms with Gasteiger partial charge in [0.15, 0.2) is 6.61 Å². The topological polar surface area (TPSA) is 52.6 Å². The summed E-state index contributed by atoms with van der Waals surface area (Å²) in [5.41, 5.74) is 0. The van der Waals surface area contributed by atoms with Crippen LogP contribution in [0.5, 0.6) is 0 Å². The molecule has 2 atom stereocenters. The monoisotopic (exact) mass is 274 g/mol. The molecule has 0 rings (SSSR count). The number of halogens is 4. The molecule has 0 aromatic carbocycles. The highest BCUT2D eigenvalue weighted by Gasteiger charge is 2.43. The van der Waals surface area contributed by atoms with Gasteiger partial charge in [-0.3, -0.25) is 4.79 Å². The number of rotatable bonds is 6. The first-order chi connectivity index (χ1) is 8.22. The molecule has 4 nitrogen and oxygen atoms in total. The van der Waals surface area contributed by atoms with Crippen molar-refractivity contribution < 1.29 is 36.6 Å². The molecule has 0 spiro atoms. The standard InChI is InChI=1S/C10H14F4O4/c1-3-6(2)9(16)17-5-8(15)18-7(4-11)10(12,13)14/h6-7H,3-5H2,1-2H3. The Labute approximate surface area is 101 Å². The normalized spacial score (nSPS) is 14.8. The van der Waals surface area contributed by atoms with Crippen molar-refractivity contribution in [2.75, 3.05) is 13.3 Å². The molecule has 0 aliphatic carbocycles. The molecule has 0 aromatic rings. The van der Waals surface area contributed by atoms with Crippen LogP contribution in [-0.4, -0.2) is 37.5 Å². The van der Waals surface area contributed by atoms with Crippen LogP contribution in [0.4, 0.5) is 17.6 Å². The van der Waals surface area contributed by atoms with Crippen molar-refractivity contribution in [2.24, 2.45) is 5.92 Å². The minimum atomic E-state index is -4.98. The van der Waals surface area contributed by atoms with E-state index in [0.29, 0.717) is 6.42 Å². The third kappa shape index (κ3) is 5.83. The Morgan fingerprint density at radius 1 is 1.28 bits per heavy atom. The van der Waals surface area contributed by atoms with Crippen LogP contribution in [0.25, 0.3) is 0 Å². The predicted molar refractivity (Wildman–Crippen MR) is 52.3 cm³/mol. The summed E-state index contributed by atoms with van der Waals surface area (Å²) in [4.78, 5) is 22.0. The molecule has 2 unspecified atom stereocenters. The van der Waals surface area contributed by atoms with Crippen LogP contribution in [0.2, 0.25) is 0 Å². The number of hydrogen-bond donors (Lipinski definition) is 0. The molecular weight excluding hydrogens is 260 g/mol. The number of alkyl halides is 4. The lowest BCUT2D eigenvalue weighted by molar-refractivity contribution is -0.226. The van der Waals surface area contributed by atoms with E-state index in [-0.39, 0.29) is 0 Å². The maximum absolute atomic E-state index is 12.0. The first-order valence-corrected chi connectivity index (χ1v) is 5.21. The van der Waals surface area contributed by atoms with E-state index in [1.165, 1.54) is 6.92 Å². The number of carbonyl (C=O) groups is 2. The summed E-state index contributed by atoms with van der Waals surface area (Å²) in [5, 5.41) is 0. The van der Waals surface area contributed by atoms with E-state index in [9.17, 15) is 27.2 Å². The molecule has 0 bridgehead atoms. The van der Waals surface area contributed by atoms with Gasteiger partial charge >= 0.3 is 18.1 Å². The van der Waals surface area contributed by atoms with E-state index in [1.54, 1.807) is 6.92 Å². The van der Waals surface area contributed by atoms with Crippen LogP contribution in [0.15, 0.2) is 0 Å². The maximum atomic E-state index is 12.0. The van der Waals surface area contributed by atoms with E-state index in [0.717, 1.165) is 0 Å². The Bertz CT molecular complexity index is 290. The van der Waals surface area contributed by atoms with E-state index < -0.39 is 43.4 Å². The summed E-state index contributed by atoms with van der Waals surface area (Å²) in [6, 6.07) is 0. The van der Waals surface area contributed by atoms with Gasteiger partial charge in [0, 0.05) is 0 Å². The Morgan fingerprint density at radius 2 is 1.83 bits per heavy atom. The summed E-state index contributed by atoms with van der Waals surface area (Å²) < 4.78 is 56.3. The second-order valence-electron chi connectivity index (χ2n) is 3.59. The summed E-state index contributed by atoms with van der Waals surface area (Å²) in [7, 11) is 0. The minimum absolute atomic E-state index is 0.462. The highest BCUT2D eigenvalue weighted by Crippen LogP contribution is 2.23. The first kappa shape index (κ1) is 16.7. The van der Waals surface area contributed by atoms with Gasteiger partial charge in [-0.25, -0.2) is 9.18 Å². The number of carbonyl (C=O) groups excluding carboxylic acids is 2. The van der Waals surface area contributed by atoms with Crippen LogP contribution in [0.1, 0.15) is 20.3 Å². The molecule has 0 fully saturated rings. The molecule has 0 aliphatic heterocycles. The van der Waals surface area contributed by atoms with Crippen LogP contribution in [-0.2, 0) is 19.1 Å². The molecule has 0 saturated carbocycles. The lowest BCUT2D eigenvalue weighted by atomic mass is 10.1. The highest BCUT2D eigenvalue weighted by molar-refractivity contribution is 5.77. The molecule has 18 heavy (non-hydrogen) atoms. The summed E-state index contributed by atoms with van der Waals surface area (Å²) in [6.07, 6.45) is -7.35. The van der Waals surface area contributed by atoms with Gasteiger partial charge in [0.25, 0.3) is 0 Å². The quantitative estimate of drug-likeness (QED) is 0.549. The van der Waals surface area contributed by atoms with Crippen molar-refractivity contribution in [1.29, 1.82) is 0 Å². The van der Waals surface area contributed by atoms with Crippen molar-refractivity contribution in [3.05, 3.63) is 0 Å². The molecule has 8 heteroatoms. The second-order valence-corrected chi connectivity index (χ2v) is 3.59. The van der Waals surface area contributed by atoms with E-state index in [2.05, 4.69) is 9.47 Å². The van der Waals surface area contributed by atoms with E-state index in [4.69, 9.17) is 0 Å². The van der Waals surface area contributed by atoms with Crippen LogP contribution < -0.4 is 0 Å². The van der Waals surface area contributed by atoms with Crippen molar-refractivity contribution in [3.63, 3.8) is 0 Å². The lowest BCUT2D eigenvalue weighted by Gasteiger charge is -2.17. The fraction of sp³-hybridized carbons (Fsp3) is 0.800. The van der Waals surface area contributed by atoms with Crippen LogP contribution in [0.3, 0.4) is 0 Å². The molecule has 0 aliphatic rings.